The number of amides is 1. The maximum atomic E-state index is 12.9. The number of thiazole rings is 1. The topological polar surface area (TPSA) is 76.9 Å². The first-order valence-electron chi connectivity index (χ1n) is 7.25. The minimum Gasteiger partial charge on any atom is -0.296 e. The summed E-state index contributed by atoms with van der Waals surface area (Å²) in [7, 11) is 0. The molecule has 1 aromatic carbocycles. The molecule has 0 spiro atoms. The van der Waals surface area contributed by atoms with Crippen LogP contribution in [0.5, 0.6) is 0 Å². The molecule has 0 atom stereocenters. The average molecular weight is 380 g/mol. The standard InChI is InChI=1S/C16H11F3N4O2S/c1-9-7-12(24)13(14(25)21-15-20-5-6-26-15)22-23(9)11-4-2-3-10(8-11)16(17,18)19/h2-8H,1H3,(H,20,21,25). The van der Waals surface area contributed by atoms with Crippen molar-refractivity contribution < 1.29 is 18.0 Å². The van der Waals surface area contributed by atoms with Gasteiger partial charge in [-0.05, 0) is 25.1 Å². The summed E-state index contributed by atoms with van der Waals surface area (Å²) in [5.41, 5.74) is -1.56. The van der Waals surface area contributed by atoms with E-state index in [0.717, 1.165) is 34.2 Å². The van der Waals surface area contributed by atoms with Crippen LogP contribution in [0.25, 0.3) is 5.69 Å². The fourth-order valence-corrected chi connectivity index (χ4v) is 2.75. The lowest BCUT2D eigenvalue weighted by molar-refractivity contribution is -0.137. The zero-order chi connectivity index (χ0) is 18.9. The second-order valence-corrected chi connectivity index (χ2v) is 6.14. The molecule has 0 fully saturated rings. The number of rotatable bonds is 3. The summed E-state index contributed by atoms with van der Waals surface area (Å²) >= 11 is 1.16. The highest BCUT2D eigenvalue weighted by atomic mass is 32.1. The Hall–Kier alpha value is -3.01. The first-order chi connectivity index (χ1) is 12.3. The molecule has 2 heterocycles. The van der Waals surface area contributed by atoms with E-state index in [4.69, 9.17) is 0 Å². The second-order valence-electron chi connectivity index (χ2n) is 5.25. The van der Waals surface area contributed by atoms with E-state index in [-0.39, 0.29) is 10.8 Å². The van der Waals surface area contributed by atoms with Crippen molar-refractivity contribution in [1.82, 2.24) is 14.8 Å². The van der Waals surface area contributed by atoms with Gasteiger partial charge < -0.3 is 0 Å². The number of nitrogens with zero attached hydrogens (tertiary/aromatic N) is 3. The van der Waals surface area contributed by atoms with E-state index in [9.17, 15) is 22.8 Å². The van der Waals surface area contributed by atoms with Gasteiger partial charge in [-0.25, -0.2) is 9.67 Å². The molecular formula is C16H11F3N4O2S. The van der Waals surface area contributed by atoms with Gasteiger partial charge in [-0.2, -0.15) is 18.3 Å². The van der Waals surface area contributed by atoms with Crippen LogP contribution >= 0.6 is 11.3 Å². The van der Waals surface area contributed by atoms with Crippen LogP contribution < -0.4 is 10.7 Å². The van der Waals surface area contributed by atoms with E-state index < -0.39 is 28.8 Å². The van der Waals surface area contributed by atoms with E-state index in [0.29, 0.717) is 5.69 Å². The number of anilines is 1. The fraction of sp³-hybridized carbons (Fsp3) is 0.125. The molecule has 0 bridgehead atoms. The fourth-order valence-electron chi connectivity index (χ4n) is 2.22. The summed E-state index contributed by atoms with van der Waals surface area (Å²) in [6.45, 7) is 1.51. The number of aromatic nitrogens is 3. The molecular weight excluding hydrogens is 369 g/mol. The third-order valence-electron chi connectivity index (χ3n) is 3.39. The van der Waals surface area contributed by atoms with Gasteiger partial charge in [0.15, 0.2) is 10.8 Å². The Balaban J connectivity index is 2.04. The molecule has 1 amide bonds. The number of hydrogen-bond acceptors (Lipinski definition) is 5. The van der Waals surface area contributed by atoms with Gasteiger partial charge in [0.05, 0.1) is 11.3 Å². The molecule has 6 nitrogen and oxygen atoms in total. The van der Waals surface area contributed by atoms with E-state index in [1.54, 1.807) is 5.38 Å². The van der Waals surface area contributed by atoms with Crippen LogP contribution in [-0.4, -0.2) is 20.7 Å². The van der Waals surface area contributed by atoms with Gasteiger partial charge in [-0.3, -0.25) is 14.9 Å². The monoisotopic (exact) mass is 380 g/mol. The van der Waals surface area contributed by atoms with Gasteiger partial charge in [0.1, 0.15) is 0 Å². The van der Waals surface area contributed by atoms with Crippen molar-refractivity contribution in [3.63, 3.8) is 0 Å². The highest BCUT2D eigenvalue weighted by Crippen LogP contribution is 2.30. The Morgan fingerprint density at radius 3 is 2.69 bits per heavy atom. The van der Waals surface area contributed by atoms with Crippen molar-refractivity contribution in [2.75, 3.05) is 5.32 Å². The molecule has 10 heteroatoms. The number of nitrogens with one attached hydrogen (secondary N) is 1. The summed E-state index contributed by atoms with van der Waals surface area (Å²) in [6.07, 6.45) is -3.04. The molecule has 3 rings (SSSR count). The van der Waals surface area contributed by atoms with E-state index in [2.05, 4.69) is 15.4 Å². The highest BCUT2D eigenvalue weighted by molar-refractivity contribution is 7.13. The van der Waals surface area contributed by atoms with E-state index in [1.165, 1.54) is 25.3 Å². The molecule has 0 aliphatic rings. The molecule has 0 aliphatic heterocycles. The Labute approximate surface area is 148 Å². The molecule has 0 radical (unpaired) electrons. The van der Waals surface area contributed by atoms with Crippen LogP contribution in [0.1, 0.15) is 21.7 Å². The lowest BCUT2D eigenvalue weighted by atomic mass is 10.2. The quantitative estimate of drug-likeness (QED) is 0.757. The predicted octanol–water partition coefficient (Wildman–Crippen LogP) is 3.27. The Kier molecular flexibility index (Phi) is 4.60. The number of carbonyl (C=O) groups excluding carboxylic acids is 1. The van der Waals surface area contributed by atoms with Gasteiger partial charge in [0.25, 0.3) is 5.91 Å². The molecule has 0 aliphatic carbocycles. The van der Waals surface area contributed by atoms with Crippen molar-refractivity contribution in [2.45, 2.75) is 13.1 Å². The predicted molar refractivity (Wildman–Crippen MR) is 89.6 cm³/mol. The number of alkyl halides is 3. The zero-order valence-electron chi connectivity index (χ0n) is 13.2. The Morgan fingerprint density at radius 2 is 2.04 bits per heavy atom. The summed E-state index contributed by atoms with van der Waals surface area (Å²) in [4.78, 5) is 28.2. The summed E-state index contributed by atoms with van der Waals surface area (Å²) in [5.74, 6) is -0.786. The van der Waals surface area contributed by atoms with Crippen molar-refractivity contribution in [3.8, 4) is 5.69 Å². The maximum absolute atomic E-state index is 12.9. The first-order valence-corrected chi connectivity index (χ1v) is 8.13. The SMILES string of the molecule is Cc1cc(=O)c(C(=O)Nc2nccs2)nn1-c1cccc(C(F)(F)F)c1. The third-order valence-corrected chi connectivity index (χ3v) is 4.08. The smallest absolute Gasteiger partial charge is 0.296 e. The molecule has 3 aromatic rings. The van der Waals surface area contributed by atoms with Crippen LogP contribution in [0, 0.1) is 6.92 Å². The van der Waals surface area contributed by atoms with Crippen LogP contribution in [0.4, 0.5) is 18.3 Å². The Morgan fingerprint density at radius 1 is 1.27 bits per heavy atom. The number of benzene rings is 1. The molecule has 0 saturated heterocycles. The van der Waals surface area contributed by atoms with Gasteiger partial charge in [0, 0.05) is 23.3 Å². The second kappa shape index (κ2) is 6.71. The number of halogens is 3. The third kappa shape index (κ3) is 3.64. The van der Waals surface area contributed by atoms with Crippen molar-refractivity contribution in [1.29, 1.82) is 0 Å². The summed E-state index contributed by atoms with van der Waals surface area (Å²) < 4.78 is 39.9. The minimum absolute atomic E-state index is 0.0839. The average Bonchev–Trinajstić information content (AvgIpc) is 3.07. The lowest BCUT2D eigenvalue weighted by Gasteiger charge is -2.13. The van der Waals surface area contributed by atoms with Gasteiger partial charge in [0.2, 0.25) is 5.43 Å². The van der Waals surface area contributed by atoms with E-state index >= 15 is 0 Å². The first kappa shape index (κ1) is 17.8. The molecule has 0 saturated carbocycles. The normalized spacial score (nSPS) is 11.4. The van der Waals surface area contributed by atoms with Crippen molar-refractivity contribution in [2.24, 2.45) is 0 Å². The molecule has 0 unspecified atom stereocenters. The number of hydrogen-bond donors (Lipinski definition) is 1. The number of aryl methyl sites for hydroxylation is 1. The van der Waals surface area contributed by atoms with Crippen molar-refractivity contribution in [3.05, 3.63) is 69.1 Å². The van der Waals surface area contributed by atoms with Crippen LogP contribution in [0.3, 0.4) is 0 Å². The van der Waals surface area contributed by atoms with Crippen molar-refractivity contribution >= 4 is 22.4 Å². The lowest BCUT2D eigenvalue weighted by Crippen LogP contribution is -2.27. The van der Waals surface area contributed by atoms with Gasteiger partial charge in [-0.1, -0.05) is 6.07 Å². The zero-order valence-corrected chi connectivity index (χ0v) is 14.1. The summed E-state index contributed by atoms with van der Waals surface area (Å²) in [5, 5.41) is 8.29. The highest BCUT2D eigenvalue weighted by Gasteiger charge is 2.30. The largest absolute Gasteiger partial charge is 0.416 e. The van der Waals surface area contributed by atoms with Crippen LogP contribution in [0.15, 0.2) is 46.7 Å². The minimum atomic E-state index is -4.52. The molecule has 26 heavy (non-hydrogen) atoms. The van der Waals surface area contributed by atoms with Crippen LogP contribution in [-0.2, 0) is 6.18 Å². The van der Waals surface area contributed by atoms with E-state index in [1.807, 2.05) is 0 Å². The molecule has 2 aromatic heterocycles. The molecule has 1 N–H and O–H groups in total. The molecule has 134 valence electrons. The maximum Gasteiger partial charge on any atom is 0.416 e. The number of carbonyl (C=O) groups is 1. The van der Waals surface area contributed by atoms with Gasteiger partial charge in [-0.15, -0.1) is 11.3 Å². The van der Waals surface area contributed by atoms with Gasteiger partial charge >= 0.3 is 6.18 Å². The Bertz CT molecular complexity index is 1010. The van der Waals surface area contributed by atoms with Crippen LogP contribution in [0.2, 0.25) is 0 Å². The summed E-state index contributed by atoms with van der Waals surface area (Å²) in [6, 6.07) is 5.60.